The molecule has 1 aromatic heterocycles. The zero-order valence-corrected chi connectivity index (χ0v) is 10.7. The molecule has 1 heterocycles. The SMILES string of the molecule is Cc1ccc(C(=O)C2CCCC(C(F)(F)F)C2)cn1. The number of carbonyl (C=O) groups excluding carboxylic acids is 1. The van der Waals surface area contributed by atoms with E-state index in [9.17, 15) is 18.0 Å². The molecule has 5 heteroatoms. The van der Waals surface area contributed by atoms with Crippen LogP contribution in [0, 0.1) is 18.8 Å². The quantitative estimate of drug-likeness (QED) is 0.762. The van der Waals surface area contributed by atoms with Gasteiger partial charge >= 0.3 is 6.18 Å². The predicted molar refractivity (Wildman–Crippen MR) is 64.8 cm³/mol. The maximum atomic E-state index is 12.7. The Morgan fingerprint density at radius 2 is 2.05 bits per heavy atom. The second-order valence-corrected chi connectivity index (χ2v) is 5.15. The Bertz CT molecular complexity index is 453. The van der Waals surface area contributed by atoms with Gasteiger partial charge in [0.05, 0.1) is 5.92 Å². The first-order valence-corrected chi connectivity index (χ1v) is 6.41. The molecule has 2 nitrogen and oxygen atoms in total. The van der Waals surface area contributed by atoms with Crippen LogP contribution in [0.4, 0.5) is 13.2 Å². The highest BCUT2D eigenvalue weighted by atomic mass is 19.4. The second kappa shape index (κ2) is 5.31. The van der Waals surface area contributed by atoms with Gasteiger partial charge in [0.25, 0.3) is 0 Å². The number of hydrogen-bond donors (Lipinski definition) is 0. The van der Waals surface area contributed by atoms with Crippen LogP contribution >= 0.6 is 0 Å². The van der Waals surface area contributed by atoms with Crippen LogP contribution in [0.2, 0.25) is 0 Å². The average Bonchev–Trinajstić information content (AvgIpc) is 2.38. The van der Waals surface area contributed by atoms with Crippen LogP contribution in [-0.2, 0) is 0 Å². The maximum Gasteiger partial charge on any atom is 0.391 e. The van der Waals surface area contributed by atoms with Gasteiger partial charge in [-0.1, -0.05) is 6.42 Å². The number of hydrogen-bond acceptors (Lipinski definition) is 2. The molecule has 0 radical (unpaired) electrons. The zero-order chi connectivity index (χ0) is 14.0. The summed E-state index contributed by atoms with van der Waals surface area (Å²) in [6.45, 7) is 1.80. The fraction of sp³-hybridized carbons (Fsp3) is 0.571. The molecule has 2 atom stereocenters. The third-order valence-corrected chi connectivity index (χ3v) is 3.70. The first-order valence-electron chi connectivity index (χ1n) is 6.41. The Kier molecular flexibility index (Phi) is 3.92. The minimum atomic E-state index is -4.19. The Morgan fingerprint density at radius 1 is 1.32 bits per heavy atom. The lowest BCUT2D eigenvalue weighted by molar-refractivity contribution is -0.184. The van der Waals surface area contributed by atoms with Crippen molar-refractivity contribution >= 4 is 5.78 Å². The maximum absolute atomic E-state index is 12.7. The van der Waals surface area contributed by atoms with E-state index in [2.05, 4.69) is 4.98 Å². The van der Waals surface area contributed by atoms with Crippen LogP contribution in [0.25, 0.3) is 0 Å². The summed E-state index contributed by atoms with van der Waals surface area (Å²) in [5, 5.41) is 0. The number of alkyl halides is 3. The molecular weight excluding hydrogens is 255 g/mol. The number of rotatable bonds is 2. The molecule has 2 rings (SSSR count). The van der Waals surface area contributed by atoms with E-state index in [0.717, 1.165) is 5.69 Å². The van der Waals surface area contributed by atoms with E-state index in [1.165, 1.54) is 6.20 Å². The molecule has 2 unspecified atom stereocenters. The van der Waals surface area contributed by atoms with E-state index < -0.39 is 18.0 Å². The molecule has 0 N–H and O–H groups in total. The lowest BCUT2D eigenvalue weighted by Gasteiger charge is -2.29. The molecule has 0 aromatic carbocycles. The lowest BCUT2D eigenvalue weighted by atomic mass is 9.78. The molecule has 1 saturated carbocycles. The molecule has 0 amide bonds. The smallest absolute Gasteiger partial charge is 0.294 e. The van der Waals surface area contributed by atoms with Gasteiger partial charge in [-0.2, -0.15) is 13.2 Å². The number of aromatic nitrogens is 1. The topological polar surface area (TPSA) is 30.0 Å². The third-order valence-electron chi connectivity index (χ3n) is 3.70. The van der Waals surface area contributed by atoms with Gasteiger partial charge in [-0.25, -0.2) is 0 Å². The Labute approximate surface area is 110 Å². The van der Waals surface area contributed by atoms with Crippen LogP contribution in [0.5, 0.6) is 0 Å². The van der Waals surface area contributed by atoms with Crippen molar-refractivity contribution in [2.24, 2.45) is 11.8 Å². The van der Waals surface area contributed by atoms with Crippen molar-refractivity contribution in [3.05, 3.63) is 29.6 Å². The van der Waals surface area contributed by atoms with Gasteiger partial charge in [0.1, 0.15) is 0 Å². The molecule has 1 fully saturated rings. The Morgan fingerprint density at radius 3 is 2.63 bits per heavy atom. The van der Waals surface area contributed by atoms with Gasteiger partial charge in [0, 0.05) is 23.4 Å². The van der Waals surface area contributed by atoms with Gasteiger partial charge in [-0.3, -0.25) is 9.78 Å². The molecule has 0 saturated heterocycles. The summed E-state index contributed by atoms with van der Waals surface area (Å²) in [7, 11) is 0. The van der Waals surface area contributed by atoms with Crippen molar-refractivity contribution in [1.29, 1.82) is 0 Å². The number of carbonyl (C=O) groups is 1. The summed E-state index contributed by atoms with van der Waals surface area (Å²) in [6.07, 6.45) is -1.69. The highest BCUT2D eigenvalue weighted by Crippen LogP contribution is 2.40. The predicted octanol–water partition coefficient (Wildman–Crippen LogP) is 3.94. The number of Topliss-reactive ketones (excluding diaryl/α,β-unsaturated/α-hetero) is 1. The lowest BCUT2D eigenvalue weighted by Crippen LogP contribution is -2.31. The summed E-state index contributed by atoms with van der Waals surface area (Å²) in [6, 6.07) is 3.35. The largest absolute Gasteiger partial charge is 0.391 e. The average molecular weight is 271 g/mol. The molecule has 1 aliphatic rings. The van der Waals surface area contributed by atoms with Gasteiger partial charge in [0.2, 0.25) is 0 Å². The number of nitrogens with zero attached hydrogens (tertiary/aromatic N) is 1. The first kappa shape index (κ1) is 14.0. The van der Waals surface area contributed by atoms with Gasteiger partial charge in [-0.15, -0.1) is 0 Å². The van der Waals surface area contributed by atoms with Crippen LogP contribution in [0.3, 0.4) is 0 Å². The summed E-state index contributed by atoms with van der Waals surface area (Å²) in [5.74, 6) is -2.07. The monoisotopic (exact) mass is 271 g/mol. The van der Waals surface area contributed by atoms with Crippen molar-refractivity contribution in [2.45, 2.75) is 38.8 Å². The van der Waals surface area contributed by atoms with Crippen molar-refractivity contribution in [3.63, 3.8) is 0 Å². The van der Waals surface area contributed by atoms with Crippen LogP contribution in [-0.4, -0.2) is 16.9 Å². The molecule has 0 bridgehead atoms. The normalized spacial score (nSPS) is 24.2. The minimum Gasteiger partial charge on any atom is -0.294 e. The van der Waals surface area contributed by atoms with Crippen LogP contribution < -0.4 is 0 Å². The number of aryl methyl sites for hydroxylation is 1. The van der Waals surface area contributed by atoms with E-state index in [0.29, 0.717) is 18.4 Å². The second-order valence-electron chi connectivity index (χ2n) is 5.15. The highest BCUT2D eigenvalue weighted by molar-refractivity contribution is 5.97. The standard InChI is InChI=1S/C14H16F3NO/c1-9-5-6-11(8-18-9)13(19)10-3-2-4-12(7-10)14(15,16)17/h5-6,8,10,12H,2-4,7H2,1H3. The van der Waals surface area contributed by atoms with Gasteiger partial charge in [-0.05, 0) is 38.3 Å². The van der Waals surface area contributed by atoms with E-state index >= 15 is 0 Å². The minimum absolute atomic E-state index is 0.0871. The fourth-order valence-corrected chi connectivity index (χ4v) is 2.57. The molecule has 1 aromatic rings. The van der Waals surface area contributed by atoms with E-state index in [1.807, 2.05) is 0 Å². The number of ketones is 1. The zero-order valence-electron chi connectivity index (χ0n) is 10.7. The Hall–Kier alpha value is -1.39. The summed E-state index contributed by atoms with van der Waals surface area (Å²) >= 11 is 0. The van der Waals surface area contributed by atoms with Crippen LogP contribution in [0.15, 0.2) is 18.3 Å². The van der Waals surface area contributed by atoms with E-state index in [4.69, 9.17) is 0 Å². The molecular formula is C14H16F3NO. The van der Waals surface area contributed by atoms with Gasteiger partial charge < -0.3 is 0 Å². The fourth-order valence-electron chi connectivity index (χ4n) is 2.57. The van der Waals surface area contributed by atoms with Crippen LogP contribution in [0.1, 0.15) is 41.7 Å². The van der Waals surface area contributed by atoms with Crippen molar-refractivity contribution < 1.29 is 18.0 Å². The third kappa shape index (κ3) is 3.33. The van der Waals surface area contributed by atoms with Crippen molar-refractivity contribution in [2.75, 3.05) is 0 Å². The summed E-state index contributed by atoms with van der Waals surface area (Å²) < 4.78 is 38.1. The van der Waals surface area contributed by atoms with Crippen molar-refractivity contribution in [1.82, 2.24) is 4.98 Å². The molecule has 104 valence electrons. The molecule has 0 aliphatic heterocycles. The number of pyridine rings is 1. The number of halogens is 3. The molecule has 1 aliphatic carbocycles. The van der Waals surface area contributed by atoms with Gasteiger partial charge in [0.15, 0.2) is 5.78 Å². The molecule has 19 heavy (non-hydrogen) atoms. The Balaban J connectivity index is 2.09. The molecule has 0 spiro atoms. The summed E-state index contributed by atoms with van der Waals surface area (Å²) in [4.78, 5) is 16.2. The van der Waals surface area contributed by atoms with E-state index in [-0.39, 0.29) is 18.6 Å². The summed E-state index contributed by atoms with van der Waals surface area (Å²) in [5.41, 5.74) is 1.20. The van der Waals surface area contributed by atoms with E-state index in [1.54, 1.807) is 19.1 Å². The highest BCUT2D eigenvalue weighted by Gasteiger charge is 2.43. The first-order chi connectivity index (χ1) is 8.88. The van der Waals surface area contributed by atoms with Crippen molar-refractivity contribution in [3.8, 4) is 0 Å².